The van der Waals surface area contributed by atoms with Crippen LogP contribution in [0.25, 0.3) is 11.0 Å². The summed E-state index contributed by atoms with van der Waals surface area (Å²) in [6, 6.07) is 2.04. The summed E-state index contributed by atoms with van der Waals surface area (Å²) in [4.78, 5) is 19.4. The van der Waals surface area contributed by atoms with Gasteiger partial charge in [0.25, 0.3) is 0 Å². The minimum Gasteiger partial charge on any atom is -0.379 e. The molecule has 1 fully saturated rings. The van der Waals surface area contributed by atoms with Gasteiger partial charge in [-0.1, -0.05) is 26.7 Å². The lowest BCUT2D eigenvalue weighted by atomic mass is 9.92. The summed E-state index contributed by atoms with van der Waals surface area (Å²) in [7, 11) is 1.87. The Labute approximate surface area is 166 Å². The highest BCUT2D eigenvalue weighted by atomic mass is 16.5. The second-order valence-corrected chi connectivity index (χ2v) is 7.43. The number of pyridine rings is 1. The fourth-order valence-corrected chi connectivity index (χ4v) is 4.08. The predicted octanol–water partition coefficient (Wildman–Crippen LogP) is 2.54. The van der Waals surface area contributed by atoms with Gasteiger partial charge in [-0.2, -0.15) is 5.10 Å². The summed E-state index contributed by atoms with van der Waals surface area (Å²) in [5.74, 6) is 0.550. The molecule has 1 unspecified atom stereocenters. The number of nitrogens with zero attached hydrogens (tertiary/aromatic N) is 4. The molecule has 28 heavy (non-hydrogen) atoms. The predicted molar refractivity (Wildman–Crippen MR) is 111 cm³/mol. The molecule has 0 saturated carbocycles. The van der Waals surface area contributed by atoms with Crippen LogP contribution in [-0.4, -0.2) is 64.6 Å². The van der Waals surface area contributed by atoms with Crippen LogP contribution in [0.4, 0.5) is 10.5 Å². The van der Waals surface area contributed by atoms with Crippen LogP contribution in [0.15, 0.2) is 12.3 Å². The van der Waals surface area contributed by atoms with Crippen LogP contribution in [0.5, 0.6) is 0 Å². The molecule has 2 aromatic heterocycles. The Bertz CT molecular complexity index is 795. The number of nitrogens with one attached hydrogen (secondary N) is 2. The number of carbonyl (C=O) groups excluding carboxylic acids is 1. The van der Waals surface area contributed by atoms with Gasteiger partial charge in [-0.15, -0.1) is 0 Å². The maximum absolute atomic E-state index is 12.5. The van der Waals surface area contributed by atoms with Crippen molar-refractivity contribution in [1.82, 2.24) is 25.0 Å². The Morgan fingerprint density at radius 2 is 2.00 bits per heavy atom. The number of rotatable bonds is 7. The Kier molecular flexibility index (Phi) is 6.85. The lowest BCUT2D eigenvalue weighted by Gasteiger charge is -2.38. The lowest BCUT2D eigenvalue weighted by Crippen LogP contribution is -2.52. The second-order valence-electron chi connectivity index (χ2n) is 7.43. The van der Waals surface area contributed by atoms with Crippen molar-refractivity contribution in [2.24, 2.45) is 13.0 Å². The number of hydrogen-bond donors (Lipinski definition) is 2. The average Bonchev–Trinajstić information content (AvgIpc) is 2.99. The van der Waals surface area contributed by atoms with E-state index in [4.69, 9.17) is 4.74 Å². The van der Waals surface area contributed by atoms with E-state index < -0.39 is 0 Å². The van der Waals surface area contributed by atoms with Crippen molar-refractivity contribution in [1.29, 1.82) is 0 Å². The van der Waals surface area contributed by atoms with E-state index in [-0.39, 0.29) is 6.03 Å². The van der Waals surface area contributed by atoms with E-state index in [1.54, 1.807) is 10.9 Å². The van der Waals surface area contributed by atoms with Gasteiger partial charge >= 0.3 is 6.03 Å². The van der Waals surface area contributed by atoms with Gasteiger partial charge in [0.1, 0.15) is 0 Å². The highest BCUT2D eigenvalue weighted by molar-refractivity contribution is 5.92. The number of carbonyl (C=O) groups is 1. The van der Waals surface area contributed by atoms with Gasteiger partial charge in [0.2, 0.25) is 0 Å². The summed E-state index contributed by atoms with van der Waals surface area (Å²) in [6.45, 7) is 10.4. The summed E-state index contributed by atoms with van der Waals surface area (Å²) in [5.41, 5.74) is 2.38. The topological polar surface area (TPSA) is 84.3 Å². The van der Waals surface area contributed by atoms with E-state index in [1.807, 2.05) is 20.0 Å². The van der Waals surface area contributed by atoms with E-state index in [0.717, 1.165) is 55.9 Å². The van der Waals surface area contributed by atoms with Crippen LogP contribution in [-0.2, 0) is 11.8 Å². The molecule has 1 atom stereocenters. The third kappa shape index (κ3) is 4.62. The normalized spacial score (nSPS) is 16.5. The molecule has 2 amide bonds. The van der Waals surface area contributed by atoms with Gasteiger partial charge in [0.05, 0.1) is 30.8 Å². The molecular weight excluding hydrogens is 356 g/mol. The molecule has 8 nitrogen and oxygen atoms in total. The average molecular weight is 389 g/mol. The molecule has 3 rings (SSSR count). The van der Waals surface area contributed by atoms with Crippen molar-refractivity contribution in [2.75, 3.05) is 38.2 Å². The standard InChI is InChI=1S/C20H32N6O2/c1-5-15(6-2)18(26-7-9-28-10-8-26)13-22-20(27)23-16-11-17-14(3)24-25(4)19(17)21-12-16/h11-12,15,18H,5-10,13H2,1-4H3,(H2,22,23,27). The molecule has 0 spiro atoms. The molecule has 0 bridgehead atoms. The molecule has 0 aliphatic carbocycles. The first kappa shape index (κ1) is 20.5. The molecule has 1 aliphatic rings. The number of aromatic nitrogens is 3. The van der Waals surface area contributed by atoms with Gasteiger partial charge in [-0.3, -0.25) is 9.58 Å². The molecule has 2 aromatic rings. The molecule has 1 aliphatic heterocycles. The van der Waals surface area contributed by atoms with Crippen molar-refractivity contribution in [3.8, 4) is 0 Å². The largest absolute Gasteiger partial charge is 0.379 e. The van der Waals surface area contributed by atoms with Crippen LogP contribution in [0.2, 0.25) is 0 Å². The summed E-state index contributed by atoms with van der Waals surface area (Å²) >= 11 is 0. The van der Waals surface area contributed by atoms with E-state index >= 15 is 0 Å². The number of hydrogen-bond acceptors (Lipinski definition) is 5. The van der Waals surface area contributed by atoms with E-state index in [9.17, 15) is 4.79 Å². The first-order chi connectivity index (χ1) is 13.5. The molecule has 1 saturated heterocycles. The SMILES string of the molecule is CCC(CC)C(CNC(=O)Nc1cnc2c(c1)c(C)nn2C)N1CCOCC1. The van der Waals surface area contributed by atoms with E-state index in [1.165, 1.54) is 0 Å². The van der Waals surface area contributed by atoms with E-state index in [2.05, 4.69) is 39.5 Å². The van der Waals surface area contributed by atoms with Crippen molar-refractivity contribution in [2.45, 2.75) is 39.7 Å². The second kappa shape index (κ2) is 9.34. The zero-order valence-electron chi connectivity index (χ0n) is 17.4. The lowest BCUT2D eigenvalue weighted by molar-refractivity contribution is 0.00247. The minimum absolute atomic E-state index is 0.202. The summed E-state index contributed by atoms with van der Waals surface area (Å²) in [6.07, 6.45) is 3.87. The smallest absolute Gasteiger partial charge is 0.319 e. The minimum atomic E-state index is -0.202. The van der Waals surface area contributed by atoms with Crippen molar-refractivity contribution in [3.05, 3.63) is 18.0 Å². The Hall–Kier alpha value is -2.19. The van der Waals surface area contributed by atoms with Crippen LogP contribution in [0.1, 0.15) is 32.4 Å². The third-order valence-electron chi connectivity index (χ3n) is 5.70. The number of aryl methyl sites for hydroxylation is 2. The molecule has 2 N–H and O–H groups in total. The molecule has 0 aromatic carbocycles. The van der Waals surface area contributed by atoms with Gasteiger partial charge in [0, 0.05) is 38.1 Å². The number of fused-ring (bicyclic) bond motifs is 1. The maximum atomic E-state index is 12.5. The van der Waals surface area contributed by atoms with Crippen LogP contribution in [0.3, 0.4) is 0 Å². The van der Waals surface area contributed by atoms with Gasteiger partial charge in [-0.05, 0) is 18.9 Å². The Morgan fingerprint density at radius 3 is 2.68 bits per heavy atom. The zero-order valence-corrected chi connectivity index (χ0v) is 17.4. The quantitative estimate of drug-likeness (QED) is 0.761. The number of urea groups is 1. The highest BCUT2D eigenvalue weighted by Crippen LogP contribution is 2.21. The van der Waals surface area contributed by atoms with Gasteiger partial charge in [-0.25, -0.2) is 9.78 Å². The van der Waals surface area contributed by atoms with Crippen LogP contribution >= 0.6 is 0 Å². The van der Waals surface area contributed by atoms with Crippen LogP contribution < -0.4 is 10.6 Å². The Morgan fingerprint density at radius 1 is 1.29 bits per heavy atom. The number of amides is 2. The number of ether oxygens (including phenoxy) is 1. The zero-order chi connectivity index (χ0) is 20.1. The summed E-state index contributed by atoms with van der Waals surface area (Å²) < 4.78 is 7.24. The van der Waals surface area contributed by atoms with E-state index in [0.29, 0.717) is 24.2 Å². The highest BCUT2D eigenvalue weighted by Gasteiger charge is 2.27. The first-order valence-corrected chi connectivity index (χ1v) is 10.2. The fourth-order valence-electron chi connectivity index (χ4n) is 4.08. The third-order valence-corrected chi connectivity index (χ3v) is 5.70. The molecule has 8 heteroatoms. The van der Waals surface area contributed by atoms with Gasteiger partial charge < -0.3 is 15.4 Å². The van der Waals surface area contributed by atoms with Crippen molar-refractivity contribution < 1.29 is 9.53 Å². The van der Waals surface area contributed by atoms with Crippen LogP contribution in [0, 0.1) is 12.8 Å². The molecule has 0 radical (unpaired) electrons. The molecular formula is C20H32N6O2. The monoisotopic (exact) mass is 388 g/mol. The fraction of sp³-hybridized carbons (Fsp3) is 0.650. The summed E-state index contributed by atoms with van der Waals surface area (Å²) in [5, 5.41) is 11.3. The Balaban J connectivity index is 1.63. The molecule has 154 valence electrons. The van der Waals surface area contributed by atoms with Crippen molar-refractivity contribution in [3.63, 3.8) is 0 Å². The maximum Gasteiger partial charge on any atom is 0.319 e. The van der Waals surface area contributed by atoms with Crippen molar-refractivity contribution >= 4 is 22.8 Å². The number of anilines is 1. The first-order valence-electron chi connectivity index (χ1n) is 10.2. The van der Waals surface area contributed by atoms with Gasteiger partial charge in [0.15, 0.2) is 5.65 Å². The number of morpholine rings is 1. The molecule has 3 heterocycles.